The van der Waals surface area contributed by atoms with Gasteiger partial charge in [-0.2, -0.15) is 0 Å². The zero-order chi connectivity index (χ0) is 31.6. The lowest BCUT2D eigenvalue weighted by molar-refractivity contribution is 1.62. The van der Waals surface area contributed by atoms with E-state index in [1.807, 2.05) is 0 Å². The molecular weight excluding hydrogens is 577 g/mol. The molecule has 0 saturated heterocycles. The van der Waals surface area contributed by atoms with Crippen molar-refractivity contribution in [3.63, 3.8) is 0 Å². The predicted octanol–water partition coefficient (Wildman–Crippen LogP) is 13.6. The molecule has 0 amide bonds. The minimum Gasteiger partial charge on any atom is -0.0622 e. The van der Waals surface area contributed by atoms with Gasteiger partial charge in [0.2, 0.25) is 0 Å². The average Bonchev–Trinajstić information content (AvgIpc) is 3.16. The molecule has 0 aliphatic carbocycles. The molecule has 0 heteroatoms. The van der Waals surface area contributed by atoms with E-state index in [0.717, 1.165) is 0 Å². The largest absolute Gasteiger partial charge is 0.0622 e. The Kier molecular flexibility index (Phi) is 5.98. The van der Waals surface area contributed by atoms with Crippen LogP contribution in [0.3, 0.4) is 0 Å². The number of fused-ring (bicyclic) bond motifs is 9. The summed E-state index contributed by atoms with van der Waals surface area (Å²) in [6.45, 7) is 0. The van der Waals surface area contributed by atoms with Crippen molar-refractivity contribution in [2.24, 2.45) is 0 Å². The van der Waals surface area contributed by atoms with Crippen molar-refractivity contribution in [3.8, 4) is 33.4 Å². The Balaban J connectivity index is 1.44. The predicted molar refractivity (Wildman–Crippen MR) is 208 cm³/mol. The first-order valence-corrected chi connectivity index (χ1v) is 16.7. The first-order chi connectivity index (χ1) is 23.8. The summed E-state index contributed by atoms with van der Waals surface area (Å²) >= 11 is 0. The van der Waals surface area contributed by atoms with E-state index < -0.39 is 0 Å². The molecule has 0 fully saturated rings. The summed E-state index contributed by atoms with van der Waals surface area (Å²) < 4.78 is 0. The van der Waals surface area contributed by atoms with Crippen LogP contribution < -0.4 is 0 Å². The van der Waals surface area contributed by atoms with Crippen LogP contribution in [0.1, 0.15) is 0 Å². The molecule has 10 rings (SSSR count). The van der Waals surface area contributed by atoms with Gasteiger partial charge < -0.3 is 0 Å². The lowest BCUT2D eigenvalue weighted by atomic mass is 9.81. The summed E-state index contributed by atoms with van der Waals surface area (Å²) in [5, 5.41) is 15.3. The minimum absolute atomic E-state index is 1.22. The van der Waals surface area contributed by atoms with Gasteiger partial charge in [0.1, 0.15) is 0 Å². The molecule has 0 saturated carbocycles. The zero-order valence-electron chi connectivity index (χ0n) is 26.3. The summed E-state index contributed by atoms with van der Waals surface area (Å²) in [7, 11) is 0. The van der Waals surface area contributed by atoms with Crippen LogP contribution >= 0.6 is 0 Å². The molecule has 0 atom stereocenters. The molecule has 0 spiro atoms. The normalized spacial score (nSPS) is 11.8. The fourth-order valence-corrected chi connectivity index (χ4v) is 8.09. The first kappa shape index (κ1) is 26.9. The SMILES string of the molecule is c1ccc(-c2ccc3ccccc3c2-c2c(-c3cccc4c5ccccc5c5ccccc5c34)ccc3cc4ccccc4cc23)cc1. The third-order valence-electron chi connectivity index (χ3n) is 10.2. The van der Waals surface area contributed by atoms with Crippen molar-refractivity contribution >= 4 is 64.6 Å². The molecule has 222 valence electrons. The molecule has 0 heterocycles. The number of hydrogen-bond acceptors (Lipinski definition) is 0. The van der Waals surface area contributed by atoms with Crippen LogP contribution in [0.5, 0.6) is 0 Å². The topological polar surface area (TPSA) is 0 Å². The van der Waals surface area contributed by atoms with Crippen LogP contribution in [0.25, 0.3) is 98.0 Å². The van der Waals surface area contributed by atoms with E-state index in [0.29, 0.717) is 0 Å². The van der Waals surface area contributed by atoms with Crippen LogP contribution in [-0.4, -0.2) is 0 Å². The van der Waals surface area contributed by atoms with Gasteiger partial charge in [-0.15, -0.1) is 0 Å². The van der Waals surface area contributed by atoms with E-state index >= 15 is 0 Å². The number of hydrogen-bond donors (Lipinski definition) is 0. The van der Waals surface area contributed by atoms with Gasteiger partial charge in [-0.1, -0.05) is 170 Å². The molecule has 0 aliphatic heterocycles. The van der Waals surface area contributed by atoms with Crippen molar-refractivity contribution in [1.82, 2.24) is 0 Å². The highest BCUT2D eigenvalue weighted by Gasteiger charge is 2.21. The Labute approximate surface area is 279 Å². The van der Waals surface area contributed by atoms with Crippen LogP contribution in [-0.2, 0) is 0 Å². The lowest BCUT2D eigenvalue weighted by Gasteiger charge is -2.22. The standard InChI is InChI=1S/C48H30/c1-2-13-31(14-3-1)37-27-25-32-15-6-7-18-36(32)47(37)48-44(28-26-35-29-33-16-4-5-17-34(33)30-45(35)48)43-24-12-23-42-40-20-9-8-19-38(40)39-21-10-11-22-41(39)46(42)43/h1-30H. The van der Waals surface area contributed by atoms with Crippen molar-refractivity contribution in [2.45, 2.75) is 0 Å². The van der Waals surface area contributed by atoms with E-state index in [-0.39, 0.29) is 0 Å². The van der Waals surface area contributed by atoms with Crippen molar-refractivity contribution in [3.05, 3.63) is 182 Å². The Morgan fingerprint density at radius 3 is 1.46 bits per heavy atom. The highest BCUT2D eigenvalue weighted by atomic mass is 14.2. The summed E-state index contributed by atoms with van der Waals surface area (Å²) in [6.07, 6.45) is 0. The summed E-state index contributed by atoms with van der Waals surface area (Å²) in [5.74, 6) is 0. The van der Waals surface area contributed by atoms with E-state index in [2.05, 4.69) is 182 Å². The van der Waals surface area contributed by atoms with E-state index in [4.69, 9.17) is 0 Å². The highest BCUT2D eigenvalue weighted by molar-refractivity contribution is 6.29. The van der Waals surface area contributed by atoms with Crippen molar-refractivity contribution < 1.29 is 0 Å². The summed E-state index contributed by atoms with van der Waals surface area (Å²) in [5.41, 5.74) is 7.52. The van der Waals surface area contributed by atoms with Gasteiger partial charge in [0.05, 0.1) is 0 Å². The molecule has 0 nitrogen and oxygen atoms in total. The molecule has 0 aliphatic rings. The Bertz CT molecular complexity index is 2830. The Morgan fingerprint density at radius 2 is 0.729 bits per heavy atom. The Morgan fingerprint density at radius 1 is 0.229 bits per heavy atom. The second kappa shape index (κ2) is 10.7. The zero-order valence-corrected chi connectivity index (χ0v) is 26.3. The van der Waals surface area contributed by atoms with Gasteiger partial charge >= 0.3 is 0 Å². The van der Waals surface area contributed by atoms with Crippen molar-refractivity contribution in [1.29, 1.82) is 0 Å². The van der Waals surface area contributed by atoms with Gasteiger partial charge in [-0.3, -0.25) is 0 Å². The van der Waals surface area contributed by atoms with Crippen LogP contribution in [0.4, 0.5) is 0 Å². The third-order valence-corrected chi connectivity index (χ3v) is 10.2. The first-order valence-electron chi connectivity index (χ1n) is 16.7. The van der Waals surface area contributed by atoms with E-state index in [9.17, 15) is 0 Å². The fraction of sp³-hybridized carbons (Fsp3) is 0. The van der Waals surface area contributed by atoms with E-state index in [1.165, 1.54) is 98.0 Å². The summed E-state index contributed by atoms with van der Waals surface area (Å²) in [4.78, 5) is 0. The third kappa shape index (κ3) is 4.03. The minimum atomic E-state index is 1.22. The number of benzene rings is 10. The van der Waals surface area contributed by atoms with Gasteiger partial charge in [0.25, 0.3) is 0 Å². The maximum Gasteiger partial charge on any atom is -0.00139 e. The van der Waals surface area contributed by atoms with Gasteiger partial charge in [-0.25, -0.2) is 0 Å². The maximum absolute atomic E-state index is 2.42. The van der Waals surface area contributed by atoms with Crippen LogP contribution in [0, 0.1) is 0 Å². The highest BCUT2D eigenvalue weighted by Crippen LogP contribution is 2.49. The van der Waals surface area contributed by atoms with Crippen LogP contribution in [0.15, 0.2) is 182 Å². The van der Waals surface area contributed by atoms with Crippen molar-refractivity contribution in [2.75, 3.05) is 0 Å². The molecule has 0 aromatic heterocycles. The summed E-state index contributed by atoms with van der Waals surface area (Å²) in [6, 6.07) is 67.2. The fourth-order valence-electron chi connectivity index (χ4n) is 8.09. The lowest BCUT2D eigenvalue weighted by Crippen LogP contribution is -1.95. The molecule has 10 aromatic rings. The van der Waals surface area contributed by atoms with Gasteiger partial charge in [0.15, 0.2) is 0 Å². The molecule has 0 bridgehead atoms. The Hall–Kier alpha value is -6.24. The smallest absolute Gasteiger partial charge is 0.00139 e. The number of rotatable bonds is 3. The van der Waals surface area contributed by atoms with E-state index in [1.54, 1.807) is 0 Å². The van der Waals surface area contributed by atoms with Gasteiger partial charge in [0, 0.05) is 0 Å². The molecule has 48 heavy (non-hydrogen) atoms. The molecule has 0 N–H and O–H groups in total. The molecular formula is C48H30. The van der Waals surface area contributed by atoms with Crippen LogP contribution in [0.2, 0.25) is 0 Å². The molecule has 0 radical (unpaired) electrons. The second-order valence-electron chi connectivity index (χ2n) is 12.8. The van der Waals surface area contributed by atoms with Gasteiger partial charge in [-0.05, 0) is 110 Å². The molecule has 0 unspecified atom stereocenters. The maximum atomic E-state index is 2.42. The average molecular weight is 607 g/mol. The molecule has 10 aromatic carbocycles. The quantitative estimate of drug-likeness (QED) is 0.139. The second-order valence-corrected chi connectivity index (χ2v) is 12.8. The monoisotopic (exact) mass is 606 g/mol.